The zero-order valence-electron chi connectivity index (χ0n) is 12.9. The van der Waals surface area contributed by atoms with Crippen molar-refractivity contribution in [2.24, 2.45) is 0 Å². The molecule has 1 aliphatic heterocycles. The summed E-state index contributed by atoms with van der Waals surface area (Å²) in [4.78, 5) is 20.5. The number of nitrogens with zero attached hydrogens (tertiary/aromatic N) is 3. The van der Waals surface area contributed by atoms with Crippen LogP contribution in [0, 0.1) is 0 Å². The lowest BCUT2D eigenvalue weighted by atomic mass is 9.80. The fraction of sp³-hybridized carbons (Fsp3) is 0.533. The van der Waals surface area contributed by atoms with Crippen LogP contribution < -0.4 is 5.32 Å². The number of carbonyl (C=O) groups is 1. The highest BCUT2D eigenvalue weighted by Crippen LogP contribution is 2.40. The second-order valence-electron chi connectivity index (χ2n) is 6.54. The van der Waals surface area contributed by atoms with Gasteiger partial charge in [0, 0.05) is 24.4 Å². The van der Waals surface area contributed by atoms with Crippen molar-refractivity contribution in [1.29, 1.82) is 0 Å². The topological polar surface area (TPSA) is 93.9 Å². The number of carbonyl (C=O) groups excluding carboxylic acids is 1. The third kappa shape index (κ3) is 2.15. The lowest BCUT2D eigenvalue weighted by Gasteiger charge is -2.42. The Kier molecular flexibility index (Phi) is 3.03. The minimum Gasteiger partial charge on any atom is -0.348 e. The molecule has 3 heterocycles. The minimum absolute atomic E-state index is 0.139. The quantitative estimate of drug-likeness (QED) is 0.792. The van der Waals surface area contributed by atoms with Crippen LogP contribution in [0.15, 0.2) is 17.4 Å². The molecule has 2 aromatic rings. The molecule has 0 atom stereocenters. The molecule has 1 aliphatic carbocycles. The largest absolute Gasteiger partial charge is 0.348 e. The van der Waals surface area contributed by atoms with E-state index in [1.54, 1.807) is 6.07 Å². The van der Waals surface area contributed by atoms with E-state index in [4.69, 9.17) is 0 Å². The van der Waals surface area contributed by atoms with Gasteiger partial charge in [0.25, 0.3) is 5.91 Å². The standard InChI is InChI=1S/C15H18N4O3S/c1-23(21,22)14-16-8-10-7-11-13(20)17-9-15(5-3-2-4-6-15)19(11)12(10)18-14/h7-8H,2-6,9H2,1H3,(H,17,20). The third-order valence-corrected chi connectivity index (χ3v) is 5.78. The normalized spacial score (nSPS) is 20.5. The maximum Gasteiger partial charge on any atom is 0.268 e. The van der Waals surface area contributed by atoms with Crippen molar-refractivity contribution in [1.82, 2.24) is 19.9 Å². The number of fused-ring (bicyclic) bond motifs is 4. The molecule has 0 bridgehead atoms. The van der Waals surface area contributed by atoms with Gasteiger partial charge in [-0.15, -0.1) is 0 Å². The van der Waals surface area contributed by atoms with Gasteiger partial charge in [-0.1, -0.05) is 19.3 Å². The predicted octanol–water partition coefficient (Wildman–Crippen LogP) is 1.24. The maximum absolute atomic E-state index is 12.3. The fourth-order valence-corrected chi connectivity index (χ4v) is 4.32. The number of hydrogen-bond donors (Lipinski definition) is 1. The molecule has 122 valence electrons. The molecular formula is C15H18N4O3S. The summed E-state index contributed by atoms with van der Waals surface area (Å²) >= 11 is 0. The van der Waals surface area contributed by atoms with Gasteiger partial charge in [0.15, 0.2) is 0 Å². The molecular weight excluding hydrogens is 316 g/mol. The van der Waals surface area contributed by atoms with Gasteiger partial charge in [-0.05, 0) is 18.9 Å². The van der Waals surface area contributed by atoms with Crippen molar-refractivity contribution in [3.63, 3.8) is 0 Å². The molecule has 2 aliphatic rings. The smallest absolute Gasteiger partial charge is 0.268 e. The van der Waals surface area contributed by atoms with Crippen molar-refractivity contribution in [2.45, 2.75) is 42.8 Å². The van der Waals surface area contributed by atoms with E-state index in [1.165, 1.54) is 12.6 Å². The van der Waals surface area contributed by atoms with Crippen molar-refractivity contribution < 1.29 is 13.2 Å². The second kappa shape index (κ2) is 4.77. The van der Waals surface area contributed by atoms with Crippen LogP contribution in [0.5, 0.6) is 0 Å². The summed E-state index contributed by atoms with van der Waals surface area (Å²) in [6.45, 7) is 0.570. The molecule has 1 spiro atoms. The van der Waals surface area contributed by atoms with Gasteiger partial charge in [-0.3, -0.25) is 4.79 Å². The maximum atomic E-state index is 12.3. The van der Waals surface area contributed by atoms with Crippen molar-refractivity contribution in [3.05, 3.63) is 18.0 Å². The number of aromatic nitrogens is 3. The average molecular weight is 334 g/mol. The molecule has 4 rings (SSSR count). The highest BCUT2D eigenvalue weighted by Gasteiger charge is 2.41. The Bertz CT molecular complexity index is 910. The summed E-state index contributed by atoms with van der Waals surface area (Å²) in [7, 11) is -3.49. The van der Waals surface area contributed by atoms with E-state index in [9.17, 15) is 13.2 Å². The first-order valence-corrected chi connectivity index (χ1v) is 9.67. The second-order valence-corrected chi connectivity index (χ2v) is 8.45. The van der Waals surface area contributed by atoms with Gasteiger partial charge in [-0.25, -0.2) is 13.4 Å². The van der Waals surface area contributed by atoms with E-state index in [0.717, 1.165) is 31.9 Å². The molecule has 0 aromatic carbocycles. The van der Waals surface area contributed by atoms with Gasteiger partial charge in [0.2, 0.25) is 15.0 Å². The molecule has 2 aromatic heterocycles. The van der Waals surface area contributed by atoms with Gasteiger partial charge < -0.3 is 9.88 Å². The van der Waals surface area contributed by atoms with E-state index in [1.807, 2.05) is 4.57 Å². The minimum atomic E-state index is -3.49. The summed E-state index contributed by atoms with van der Waals surface area (Å²) in [5.41, 5.74) is 0.895. The molecule has 23 heavy (non-hydrogen) atoms. The molecule has 1 saturated carbocycles. The van der Waals surface area contributed by atoms with E-state index in [0.29, 0.717) is 23.3 Å². The first-order valence-electron chi connectivity index (χ1n) is 7.78. The molecule has 1 N–H and O–H groups in total. The summed E-state index contributed by atoms with van der Waals surface area (Å²) < 4.78 is 25.5. The first kappa shape index (κ1) is 14.6. The van der Waals surface area contributed by atoms with Crippen LogP contribution in [0.3, 0.4) is 0 Å². The lowest BCUT2D eigenvalue weighted by molar-refractivity contribution is 0.0833. The molecule has 0 radical (unpaired) electrons. The van der Waals surface area contributed by atoms with E-state index >= 15 is 0 Å². The third-order valence-electron chi connectivity index (χ3n) is 4.92. The van der Waals surface area contributed by atoms with E-state index in [-0.39, 0.29) is 16.6 Å². The van der Waals surface area contributed by atoms with Gasteiger partial charge in [-0.2, -0.15) is 4.98 Å². The Hall–Kier alpha value is -1.96. The Morgan fingerprint density at radius 3 is 2.70 bits per heavy atom. The zero-order valence-corrected chi connectivity index (χ0v) is 13.7. The number of amides is 1. The van der Waals surface area contributed by atoms with E-state index < -0.39 is 9.84 Å². The summed E-state index contributed by atoms with van der Waals surface area (Å²) in [6, 6.07) is 1.76. The zero-order chi connectivity index (χ0) is 16.2. The van der Waals surface area contributed by atoms with Crippen LogP contribution in [0.25, 0.3) is 11.0 Å². The van der Waals surface area contributed by atoms with Gasteiger partial charge in [0.1, 0.15) is 11.3 Å². The van der Waals surface area contributed by atoms with Crippen LogP contribution >= 0.6 is 0 Å². The monoisotopic (exact) mass is 334 g/mol. The molecule has 8 heteroatoms. The van der Waals surface area contributed by atoms with Crippen LogP contribution in [-0.4, -0.2) is 41.7 Å². The van der Waals surface area contributed by atoms with E-state index in [2.05, 4.69) is 15.3 Å². The molecule has 7 nitrogen and oxygen atoms in total. The number of nitrogens with one attached hydrogen (secondary N) is 1. The van der Waals surface area contributed by atoms with Crippen LogP contribution in [-0.2, 0) is 15.4 Å². The summed E-state index contributed by atoms with van der Waals surface area (Å²) in [5.74, 6) is -0.139. The Balaban J connectivity index is 2.02. The van der Waals surface area contributed by atoms with Crippen LogP contribution in [0.2, 0.25) is 0 Å². The summed E-state index contributed by atoms with van der Waals surface area (Å²) in [6.07, 6.45) is 7.89. The average Bonchev–Trinajstić information content (AvgIpc) is 2.92. The highest BCUT2D eigenvalue weighted by atomic mass is 32.2. The van der Waals surface area contributed by atoms with Crippen molar-refractivity contribution in [3.8, 4) is 0 Å². The number of rotatable bonds is 1. The fourth-order valence-electron chi connectivity index (χ4n) is 3.82. The van der Waals surface area contributed by atoms with Crippen LogP contribution in [0.1, 0.15) is 42.6 Å². The SMILES string of the molecule is CS(=O)(=O)c1ncc2cc3n(c2n1)C1(CCCCC1)CNC3=O. The van der Waals surface area contributed by atoms with Gasteiger partial charge in [0.05, 0.1) is 5.54 Å². The Morgan fingerprint density at radius 1 is 1.26 bits per heavy atom. The lowest BCUT2D eigenvalue weighted by Crippen LogP contribution is -2.52. The Morgan fingerprint density at radius 2 is 2.00 bits per heavy atom. The first-order chi connectivity index (χ1) is 10.9. The highest BCUT2D eigenvalue weighted by molar-refractivity contribution is 7.90. The van der Waals surface area contributed by atoms with Crippen molar-refractivity contribution in [2.75, 3.05) is 12.8 Å². The molecule has 0 saturated heterocycles. The molecule has 1 amide bonds. The predicted molar refractivity (Wildman–Crippen MR) is 84.0 cm³/mol. The van der Waals surface area contributed by atoms with Crippen molar-refractivity contribution >= 4 is 26.8 Å². The number of sulfone groups is 1. The molecule has 0 unspecified atom stereocenters. The number of hydrogen-bond acceptors (Lipinski definition) is 5. The summed E-state index contributed by atoms with van der Waals surface area (Å²) in [5, 5.41) is 3.49. The molecule has 1 fully saturated rings. The Labute approximate surface area is 134 Å². The van der Waals surface area contributed by atoms with Gasteiger partial charge >= 0.3 is 0 Å². The van der Waals surface area contributed by atoms with Crippen LogP contribution in [0.4, 0.5) is 0 Å².